The molecular formula is C25H14BrF11N2O2. The average molecular weight is 663 g/mol. The van der Waals surface area contributed by atoms with E-state index in [2.05, 4.69) is 15.9 Å². The maximum absolute atomic E-state index is 14.5. The summed E-state index contributed by atoms with van der Waals surface area (Å²) in [7, 11) is 1.20. The molecule has 3 aromatic carbocycles. The molecule has 0 saturated carbocycles. The quantitative estimate of drug-likeness (QED) is 0.279. The van der Waals surface area contributed by atoms with Crippen molar-refractivity contribution in [3.8, 4) is 0 Å². The lowest BCUT2D eigenvalue weighted by atomic mass is 9.92. The second-order valence-corrected chi connectivity index (χ2v) is 9.24. The van der Waals surface area contributed by atoms with E-state index in [9.17, 15) is 57.9 Å². The summed E-state index contributed by atoms with van der Waals surface area (Å²) in [4.78, 5) is 26.4. The number of nitrogens with zero attached hydrogens (tertiary/aromatic N) is 1. The zero-order valence-corrected chi connectivity index (χ0v) is 21.7. The van der Waals surface area contributed by atoms with Crippen LogP contribution in [0.3, 0.4) is 0 Å². The van der Waals surface area contributed by atoms with Crippen molar-refractivity contribution < 1.29 is 57.9 Å². The van der Waals surface area contributed by atoms with Gasteiger partial charge in [0.05, 0.1) is 16.8 Å². The lowest BCUT2D eigenvalue weighted by Gasteiger charge is -2.31. The fraction of sp³-hybridized carbons (Fsp3) is 0.200. The Bertz CT molecular complexity index is 1470. The van der Waals surface area contributed by atoms with Crippen molar-refractivity contribution >= 4 is 39.1 Å². The highest BCUT2D eigenvalue weighted by molar-refractivity contribution is 9.10. The molecule has 4 nitrogen and oxygen atoms in total. The molecule has 220 valence electrons. The molecular weight excluding hydrogens is 649 g/mol. The summed E-state index contributed by atoms with van der Waals surface area (Å²) in [5, 5.41) is 1.74. The first-order valence-electron chi connectivity index (χ1n) is 10.9. The van der Waals surface area contributed by atoms with E-state index >= 15 is 0 Å². The molecule has 0 aliphatic heterocycles. The highest BCUT2D eigenvalue weighted by Gasteiger charge is 2.73. The number of halogens is 12. The molecule has 1 N–H and O–H groups in total. The number of alkyl halides is 10. The fourth-order valence-electron chi connectivity index (χ4n) is 3.62. The summed E-state index contributed by atoms with van der Waals surface area (Å²) < 4.78 is 148. The lowest BCUT2D eigenvalue weighted by molar-refractivity contribution is -0.348. The first-order chi connectivity index (χ1) is 18.7. The predicted octanol–water partition coefficient (Wildman–Crippen LogP) is 8.43. The van der Waals surface area contributed by atoms with Crippen LogP contribution in [0.2, 0.25) is 0 Å². The van der Waals surface area contributed by atoms with Crippen molar-refractivity contribution in [3.63, 3.8) is 0 Å². The van der Waals surface area contributed by atoms with Crippen LogP contribution < -0.4 is 10.2 Å². The zero-order chi connectivity index (χ0) is 31.1. The van der Waals surface area contributed by atoms with E-state index in [1.807, 2.05) is 0 Å². The third-order valence-electron chi connectivity index (χ3n) is 5.72. The topological polar surface area (TPSA) is 49.4 Å². The molecule has 0 aromatic heterocycles. The van der Waals surface area contributed by atoms with Crippen molar-refractivity contribution in [3.05, 3.63) is 93.2 Å². The predicted molar refractivity (Wildman–Crippen MR) is 128 cm³/mol. The smallest absolute Gasteiger partial charge is 0.320 e. The van der Waals surface area contributed by atoms with Gasteiger partial charge in [-0.1, -0.05) is 18.2 Å². The van der Waals surface area contributed by atoms with E-state index in [1.54, 1.807) is 5.32 Å². The Hall–Kier alpha value is -3.69. The van der Waals surface area contributed by atoms with E-state index < -0.39 is 74.7 Å². The number of hydrogen-bond acceptors (Lipinski definition) is 2. The Balaban J connectivity index is 2.04. The molecule has 3 rings (SSSR count). The molecule has 0 unspecified atom stereocenters. The standard InChI is InChI=1S/C25H14BrF11N2O2/c1-39(21(41)15-7-2-3-8-18(15)27)14-6-4-5-12(9-14)20(40)38-19-16(23(29,30)31)10-13(11-17(19)26)22(28,24(32,33)34)25(35,36)37/h2-11H,1H3,(H,38,40). The molecule has 0 fully saturated rings. The molecule has 0 heterocycles. The van der Waals surface area contributed by atoms with Crippen molar-refractivity contribution in [1.29, 1.82) is 0 Å². The van der Waals surface area contributed by atoms with Crippen LogP contribution in [-0.4, -0.2) is 31.2 Å². The summed E-state index contributed by atoms with van der Waals surface area (Å²) in [6, 6.07) is 8.58. The van der Waals surface area contributed by atoms with Crippen LogP contribution in [-0.2, 0) is 11.8 Å². The van der Waals surface area contributed by atoms with Gasteiger partial charge in [-0.05, 0) is 58.4 Å². The highest BCUT2D eigenvalue weighted by Crippen LogP contribution is 2.55. The third-order valence-corrected chi connectivity index (χ3v) is 6.34. The zero-order valence-electron chi connectivity index (χ0n) is 20.1. The van der Waals surface area contributed by atoms with E-state index in [4.69, 9.17) is 0 Å². The van der Waals surface area contributed by atoms with Gasteiger partial charge < -0.3 is 10.2 Å². The van der Waals surface area contributed by atoms with Crippen LogP contribution in [0.15, 0.2) is 65.1 Å². The molecule has 0 atom stereocenters. The molecule has 0 bridgehead atoms. The Morgan fingerprint density at radius 2 is 1.39 bits per heavy atom. The van der Waals surface area contributed by atoms with Crippen LogP contribution in [0.4, 0.5) is 59.7 Å². The van der Waals surface area contributed by atoms with Crippen molar-refractivity contribution in [2.24, 2.45) is 0 Å². The molecule has 0 saturated heterocycles. The average Bonchev–Trinajstić information content (AvgIpc) is 2.86. The first-order valence-corrected chi connectivity index (χ1v) is 11.7. The van der Waals surface area contributed by atoms with Crippen LogP contribution in [0.25, 0.3) is 0 Å². The van der Waals surface area contributed by atoms with E-state index in [-0.39, 0.29) is 17.3 Å². The van der Waals surface area contributed by atoms with E-state index in [0.29, 0.717) is 0 Å². The molecule has 16 heteroatoms. The van der Waals surface area contributed by atoms with Gasteiger partial charge in [0.1, 0.15) is 5.82 Å². The van der Waals surface area contributed by atoms with Gasteiger partial charge >= 0.3 is 24.2 Å². The molecule has 0 aliphatic carbocycles. The van der Waals surface area contributed by atoms with Gasteiger partial charge in [0, 0.05) is 28.3 Å². The molecule has 0 radical (unpaired) electrons. The third kappa shape index (κ3) is 6.16. The number of carbonyl (C=O) groups is 2. The minimum absolute atomic E-state index is 0.0334. The second-order valence-electron chi connectivity index (χ2n) is 8.38. The van der Waals surface area contributed by atoms with Crippen molar-refractivity contribution in [2.75, 3.05) is 17.3 Å². The number of nitrogens with one attached hydrogen (secondary N) is 1. The number of anilines is 2. The largest absolute Gasteiger partial charge is 0.435 e. The molecule has 2 amide bonds. The summed E-state index contributed by atoms with van der Waals surface area (Å²) in [6.45, 7) is 0. The van der Waals surface area contributed by atoms with E-state index in [0.717, 1.165) is 23.1 Å². The Kier molecular flexibility index (Phi) is 8.50. The van der Waals surface area contributed by atoms with Gasteiger partial charge in [-0.15, -0.1) is 0 Å². The van der Waals surface area contributed by atoms with Crippen LogP contribution >= 0.6 is 15.9 Å². The number of amides is 2. The number of benzene rings is 3. The summed E-state index contributed by atoms with van der Waals surface area (Å²) in [5.74, 6) is -3.06. The maximum atomic E-state index is 14.5. The van der Waals surface area contributed by atoms with Gasteiger partial charge in [-0.2, -0.15) is 39.5 Å². The maximum Gasteiger partial charge on any atom is 0.435 e. The first kappa shape index (κ1) is 31.8. The van der Waals surface area contributed by atoms with Crippen molar-refractivity contribution in [2.45, 2.75) is 24.2 Å². The molecule has 0 aliphatic rings. The fourth-order valence-corrected chi connectivity index (χ4v) is 4.18. The van der Waals surface area contributed by atoms with Crippen LogP contribution in [0, 0.1) is 5.82 Å². The van der Waals surface area contributed by atoms with Gasteiger partial charge in [-0.3, -0.25) is 9.59 Å². The van der Waals surface area contributed by atoms with Gasteiger partial charge in [-0.25, -0.2) is 8.78 Å². The minimum Gasteiger partial charge on any atom is -0.320 e. The number of rotatable bonds is 5. The van der Waals surface area contributed by atoms with E-state index in [1.165, 1.54) is 37.4 Å². The monoisotopic (exact) mass is 662 g/mol. The number of carbonyl (C=O) groups excluding carboxylic acids is 2. The van der Waals surface area contributed by atoms with Crippen molar-refractivity contribution in [1.82, 2.24) is 0 Å². The normalized spacial score (nSPS) is 12.7. The summed E-state index contributed by atoms with van der Waals surface area (Å²) in [6.07, 6.45) is -19.0. The minimum atomic E-state index is -6.69. The molecule has 3 aromatic rings. The highest BCUT2D eigenvalue weighted by atomic mass is 79.9. The van der Waals surface area contributed by atoms with Gasteiger partial charge in [0.15, 0.2) is 0 Å². The Morgan fingerprint density at radius 1 is 0.805 bits per heavy atom. The lowest BCUT2D eigenvalue weighted by Crippen LogP contribution is -2.50. The van der Waals surface area contributed by atoms with Gasteiger partial charge in [0.25, 0.3) is 11.8 Å². The summed E-state index contributed by atoms with van der Waals surface area (Å²) >= 11 is 2.40. The Morgan fingerprint density at radius 3 is 1.93 bits per heavy atom. The van der Waals surface area contributed by atoms with Gasteiger partial charge in [0.2, 0.25) is 0 Å². The summed E-state index contributed by atoms with van der Waals surface area (Å²) in [5.41, 5.74) is -12.9. The number of hydrogen-bond donors (Lipinski definition) is 1. The second kappa shape index (κ2) is 10.9. The van der Waals surface area contributed by atoms with Crippen LogP contribution in [0.1, 0.15) is 31.8 Å². The van der Waals surface area contributed by atoms with Crippen LogP contribution in [0.5, 0.6) is 0 Å². The molecule has 41 heavy (non-hydrogen) atoms. The SMILES string of the molecule is CN(C(=O)c1ccccc1F)c1cccc(C(=O)Nc2c(Br)cc(C(F)(C(F)(F)F)C(F)(F)F)cc2C(F)(F)F)c1. The molecule has 0 spiro atoms. The Labute approximate surface area is 231 Å².